The molecule has 1 rings (SSSR count). The lowest BCUT2D eigenvalue weighted by molar-refractivity contribution is 0.0842. The van der Waals surface area contributed by atoms with E-state index in [0.717, 1.165) is 12.8 Å². The van der Waals surface area contributed by atoms with E-state index in [4.69, 9.17) is 0 Å². The molecule has 0 aromatic rings. The fourth-order valence-electron chi connectivity index (χ4n) is 2.13. The quantitative estimate of drug-likeness (QED) is 0.702. The van der Waals surface area contributed by atoms with Crippen LogP contribution in [0.3, 0.4) is 0 Å². The minimum absolute atomic E-state index is 0.102. The van der Waals surface area contributed by atoms with Crippen molar-refractivity contribution in [1.82, 2.24) is 5.32 Å². The van der Waals surface area contributed by atoms with Crippen molar-refractivity contribution in [3.63, 3.8) is 0 Å². The molecule has 13 heavy (non-hydrogen) atoms. The number of rotatable bonds is 4. The molecule has 1 saturated carbocycles. The molecule has 0 aromatic heterocycles. The summed E-state index contributed by atoms with van der Waals surface area (Å²) in [5.74, 6) is 0. The van der Waals surface area contributed by atoms with E-state index in [-0.39, 0.29) is 6.10 Å². The SMILES string of the molecule is CCC(CC)N[C@H]1CCCC[C@H]1O. The normalized spacial score (nSPS) is 29.5. The molecule has 1 aliphatic rings. The molecule has 2 nitrogen and oxygen atoms in total. The maximum atomic E-state index is 9.75. The number of aliphatic hydroxyl groups is 1. The van der Waals surface area contributed by atoms with Gasteiger partial charge in [-0.15, -0.1) is 0 Å². The lowest BCUT2D eigenvalue weighted by atomic mass is 9.91. The second kappa shape index (κ2) is 5.61. The van der Waals surface area contributed by atoms with E-state index in [1.165, 1.54) is 25.7 Å². The van der Waals surface area contributed by atoms with Crippen LogP contribution in [-0.4, -0.2) is 23.3 Å². The van der Waals surface area contributed by atoms with Gasteiger partial charge in [0.2, 0.25) is 0 Å². The van der Waals surface area contributed by atoms with Gasteiger partial charge in [0.15, 0.2) is 0 Å². The van der Waals surface area contributed by atoms with E-state index >= 15 is 0 Å². The topological polar surface area (TPSA) is 32.3 Å². The van der Waals surface area contributed by atoms with E-state index in [1.54, 1.807) is 0 Å². The van der Waals surface area contributed by atoms with Gasteiger partial charge in [-0.25, -0.2) is 0 Å². The van der Waals surface area contributed by atoms with Crippen molar-refractivity contribution in [1.29, 1.82) is 0 Å². The highest BCUT2D eigenvalue weighted by atomic mass is 16.3. The molecule has 0 aliphatic heterocycles. The van der Waals surface area contributed by atoms with Crippen molar-refractivity contribution in [3.8, 4) is 0 Å². The van der Waals surface area contributed by atoms with Gasteiger partial charge in [-0.05, 0) is 25.7 Å². The van der Waals surface area contributed by atoms with Crippen LogP contribution in [0, 0.1) is 0 Å². The molecule has 0 saturated heterocycles. The highest BCUT2D eigenvalue weighted by Crippen LogP contribution is 2.19. The van der Waals surface area contributed by atoms with Crippen molar-refractivity contribution < 1.29 is 5.11 Å². The largest absolute Gasteiger partial charge is 0.392 e. The highest BCUT2D eigenvalue weighted by molar-refractivity contribution is 4.82. The first kappa shape index (κ1) is 11.0. The third-order valence-corrected chi connectivity index (χ3v) is 3.16. The van der Waals surface area contributed by atoms with Gasteiger partial charge in [0.05, 0.1) is 6.10 Å². The lowest BCUT2D eigenvalue weighted by Crippen LogP contribution is -2.46. The summed E-state index contributed by atoms with van der Waals surface area (Å²) < 4.78 is 0. The summed E-state index contributed by atoms with van der Waals surface area (Å²) in [5, 5.41) is 13.3. The number of aliphatic hydroxyl groups excluding tert-OH is 1. The summed E-state index contributed by atoms with van der Waals surface area (Å²) in [6.45, 7) is 4.41. The second-order valence-corrected chi connectivity index (χ2v) is 4.14. The molecule has 0 amide bonds. The molecule has 0 spiro atoms. The van der Waals surface area contributed by atoms with E-state index in [9.17, 15) is 5.11 Å². The molecule has 1 aliphatic carbocycles. The van der Waals surface area contributed by atoms with Crippen molar-refractivity contribution in [3.05, 3.63) is 0 Å². The van der Waals surface area contributed by atoms with Gasteiger partial charge < -0.3 is 10.4 Å². The van der Waals surface area contributed by atoms with E-state index in [2.05, 4.69) is 19.2 Å². The van der Waals surface area contributed by atoms with Gasteiger partial charge in [-0.1, -0.05) is 26.7 Å². The molecule has 2 atom stereocenters. The Hall–Kier alpha value is -0.0800. The van der Waals surface area contributed by atoms with Crippen molar-refractivity contribution >= 4 is 0 Å². The van der Waals surface area contributed by atoms with E-state index < -0.39 is 0 Å². The smallest absolute Gasteiger partial charge is 0.0693 e. The first-order chi connectivity index (χ1) is 6.27. The summed E-state index contributed by atoms with van der Waals surface area (Å²) in [4.78, 5) is 0. The predicted molar refractivity (Wildman–Crippen MR) is 55.8 cm³/mol. The second-order valence-electron chi connectivity index (χ2n) is 4.14. The van der Waals surface area contributed by atoms with Crippen molar-refractivity contribution in [2.75, 3.05) is 0 Å². The Morgan fingerprint density at radius 2 is 1.85 bits per heavy atom. The van der Waals surface area contributed by atoms with Gasteiger partial charge in [-0.3, -0.25) is 0 Å². The molecular formula is C11H23NO. The molecule has 2 heteroatoms. The van der Waals surface area contributed by atoms with Gasteiger partial charge in [0.1, 0.15) is 0 Å². The van der Waals surface area contributed by atoms with Crippen molar-refractivity contribution in [2.24, 2.45) is 0 Å². The summed E-state index contributed by atoms with van der Waals surface area (Å²) in [6, 6.07) is 0.955. The maximum Gasteiger partial charge on any atom is 0.0693 e. The Kier molecular flexibility index (Phi) is 4.74. The standard InChI is InChI=1S/C11H23NO/c1-3-9(4-2)12-10-7-5-6-8-11(10)13/h9-13H,3-8H2,1-2H3/t10-,11+/m0/s1. The zero-order valence-corrected chi connectivity index (χ0v) is 8.92. The van der Waals surface area contributed by atoms with Crippen LogP contribution < -0.4 is 5.32 Å². The van der Waals surface area contributed by atoms with E-state index in [0.29, 0.717) is 12.1 Å². The molecule has 0 heterocycles. The lowest BCUT2D eigenvalue weighted by Gasteiger charge is -2.31. The molecule has 78 valence electrons. The first-order valence-corrected chi connectivity index (χ1v) is 5.72. The van der Waals surface area contributed by atoms with Crippen LogP contribution in [0.25, 0.3) is 0 Å². The predicted octanol–water partition coefficient (Wildman–Crippen LogP) is 2.07. The molecule has 0 radical (unpaired) electrons. The zero-order valence-electron chi connectivity index (χ0n) is 8.92. The minimum Gasteiger partial charge on any atom is -0.392 e. The van der Waals surface area contributed by atoms with Gasteiger partial charge >= 0.3 is 0 Å². The maximum absolute atomic E-state index is 9.75. The molecular weight excluding hydrogens is 162 g/mol. The third kappa shape index (κ3) is 3.28. The molecule has 2 N–H and O–H groups in total. The summed E-state index contributed by atoms with van der Waals surface area (Å²) in [7, 11) is 0. The Morgan fingerprint density at radius 1 is 1.23 bits per heavy atom. The summed E-state index contributed by atoms with van der Waals surface area (Å²) >= 11 is 0. The Balaban J connectivity index is 2.32. The zero-order chi connectivity index (χ0) is 9.68. The van der Waals surface area contributed by atoms with Crippen molar-refractivity contribution in [2.45, 2.75) is 70.6 Å². The van der Waals surface area contributed by atoms with Gasteiger partial charge in [0, 0.05) is 12.1 Å². The van der Waals surface area contributed by atoms with Gasteiger partial charge in [0.25, 0.3) is 0 Å². The van der Waals surface area contributed by atoms with Crippen LogP contribution in [0.1, 0.15) is 52.4 Å². The first-order valence-electron chi connectivity index (χ1n) is 5.72. The highest BCUT2D eigenvalue weighted by Gasteiger charge is 2.23. The molecule has 0 aromatic carbocycles. The molecule has 0 bridgehead atoms. The number of hydrogen-bond acceptors (Lipinski definition) is 2. The fourth-order valence-corrected chi connectivity index (χ4v) is 2.13. The van der Waals surface area contributed by atoms with Crippen LogP contribution in [0.5, 0.6) is 0 Å². The Bertz CT molecular complexity index is 134. The minimum atomic E-state index is -0.102. The number of nitrogens with one attached hydrogen (secondary N) is 1. The van der Waals surface area contributed by atoms with Gasteiger partial charge in [-0.2, -0.15) is 0 Å². The third-order valence-electron chi connectivity index (χ3n) is 3.16. The summed E-state index contributed by atoms with van der Waals surface area (Å²) in [6.07, 6.45) is 6.83. The van der Waals surface area contributed by atoms with Crippen LogP contribution in [-0.2, 0) is 0 Å². The average molecular weight is 185 g/mol. The fraction of sp³-hybridized carbons (Fsp3) is 1.00. The van der Waals surface area contributed by atoms with Crippen LogP contribution in [0.15, 0.2) is 0 Å². The molecule has 0 unspecified atom stereocenters. The Labute approximate surface area is 81.7 Å². The summed E-state index contributed by atoms with van der Waals surface area (Å²) in [5.41, 5.74) is 0. The van der Waals surface area contributed by atoms with Crippen LogP contribution in [0.2, 0.25) is 0 Å². The Morgan fingerprint density at radius 3 is 2.38 bits per heavy atom. The number of hydrogen-bond donors (Lipinski definition) is 2. The average Bonchev–Trinajstić information content (AvgIpc) is 2.17. The molecule has 1 fully saturated rings. The van der Waals surface area contributed by atoms with Crippen LogP contribution >= 0.6 is 0 Å². The monoisotopic (exact) mass is 185 g/mol. The van der Waals surface area contributed by atoms with Crippen LogP contribution in [0.4, 0.5) is 0 Å². The van der Waals surface area contributed by atoms with E-state index in [1.807, 2.05) is 0 Å².